The second-order valence-electron chi connectivity index (χ2n) is 9.71. The molecule has 3 saturated heterocycles. The van der Waals surface area contributed by atoms with E-state index in [9.17, 15) is 4.79 Å². The van der Waals surface area contributed by atoms with Crippen molar-refractivity contribution in [3.8, 4) is 11.1 Å². The Bertz CT molecular complexity index is 927. The first kappa shape index (κ1) is 19.1. The molecule has 1 aromatic heterocycles. The number of hydrogen-bond acceptors (Lipinski definition) is 4. The predicted octanol–water partition coefficient (Wildman–Crippen LogP) is 5.17. The van der Waals surface area contributed by atoms with Crippen LogP contribution in [0.5, 0.6) is 0 Å². The number of piperidine rings is 3. The van der Waals surface area contributed by atoms with Gasteiger partial charge < -0.3 is 10.1 Å². The highest BCUT2D eigenvalue weighted by atomic mass is 32.1. The van der Waals surface area contributed by atoms with Crippen molar-refractivity contribution in [2.75, 3.05) is 19.6 Å². The summed E-state index contributed by atoms with van der Waals surface area (Å²) in [5.74, 6) is 0.533. The number of nitrogens with zero attached hydrogens (tertiary/aromatic N) is 1. The van der Waals surface area contributed by atoms with Crippen LogP contribution in [0.2, 0.25) is 0 Å². The third-order valence-electron chi connectivity index (χ3n) is 7.16. The summed E-state index contributed by atoms with van der Waals surface area (Å²) in [6.45, 7) is 9.84. The molecule has 29 heavy (non-hydrogen) atoms. The van der Waals surface area contributed by atoms with E-state index in [-0.39, 0.29) is 23.7 Å². The van der Waals surface area contributed by atoms with Crippen LogP contribution < -0.4 is 5.32 Å². The first-order valence-electron chi connectivity index (χ1n) is 10.8. The van der Waals surface area contributed by atoms with Crippen LogP contribution in [0.1, 0.15) is 49.4 Å². The molecule has 0 saturated carbocycles. The highest BCUT2D eigenvalue weighted by Gasteiger charge is 2.42. The van der Waals surface area contributed by atoms with Gasteiger partial charge in [-0.25, -0.2) is 4.79 Å². The number of carbonyl (C=O) groups is 1. The molecule has 3 aliphatic heterocycles. The van der Waals surface area contributed by atoms with Crippen LogP contribution >= 0.6 is 11.3 Å². The number of fused-ring (bicyclic) bond motifs is 4. The lowest BCUT2D eigenvalue weighted by Crippen LogP contribution is -2.53. The maximum Gasteiger partial charge on any atom is 0.407 e. The molecular weight excluding hydrogens is 380 g/mol. The summed E-state index contributed by atoms with van der Waals surface area (Å²) in [6.07, 6.45) is 3.06. The first-order chi connectivity index (χ1) is 13.9. The van der Waals surface area contributed by atoms with Gasteiger partial charge in [0, 0.05) is 6.54 Å². The minimum Gasteiger partial charge on any atom is -0.445 e. The molecule has 1 aliphatic carbocycles. The van der Waals surface area contributed by atoms with Crippen LogP contribution in [-0.4, -0.2) is 36.7 Å². The molecule has 5 heteroatoms. The molecule has 4 aliphatic rings. The number of hydrogen-bond donors (Lipinski definition) is 1. The first-order valence-corrected chi connectivity index (χ1v) is 11.7. The predicted molar refractivity (Wildman–Crippen MR) is 117 cm³/mol. The van der Waals surface area contributed by atoms with Crippen molar-refractivity contribution in [1.82, 2.24) is 10.2 Å². The van der Waals surface area contributed by atoms with Gasteiger partial charge in [0.25, 0.3) is 0 Å². The fraction of sp³-hybridized carbons (Fsp3) is 0.542. The number of carbonyl (C=O) groups excluding carboxylic acids is 1. The second-order valence-corrected chi connectivity index (χ2v) is 10.5. The Balaban J connectivity index is 1.33. The molecule has 1 amide bonds. The van der Waals surface area contributed by atoms with E-state index < -0.39 is 0 Å². The number of amides is 1. The van der Waals surface area contributed by atoms with Crippen molar-refractivity contribution in [1.29, 1.82) is 0 Å². The monoisotopic (exact) mass is 410 g/mol. The zero-order valence-corrected chi connectivity index (χ0v) is 18.3. The molecule has 2 bridgehead atoms. The highest BCUT2D eigenvalue weighted by Crippen LogP contribution is 2.46. The van der Waals surface area contributed by atoms with Gasteiger partial charge in [-0.2, -0.15) is 11.3 Å². The molecular formula is C24H30N2O2S. The molecule has 4 nitrogen and oxygen atoms in total. The quantitative estimate of drug-likeness (QED) is 0.759. The number of thiophene rings is 1. The number of nitrogens with one attached hydrogen (secondary N) is 1. The Labute approximate surface area is 177 Å². The molecule has 1 N–H and O–H groups in total. The minimum atomic E-state index is -0.257. The fourth-order valence-electron chi connectivity index (χ4n) is 5.48. The van der Waals surface area contributed by atoms with Gasteiger partial charge in [-0.3, -0.25) is 4.90 Å². The third kappa shape index (κ3) is 3.49. The second kappa shape index (κ2) is 7.13. The van der Waals surface area contributed by atoms with Gasteiger partial charge in [-0.05, 0) is 89.2 Å². The molecule has 154 valence electrons. The molecule has 1 aromatic carbocycles. The number of alkyl carbamates (subject to hydrolysis) is 1. The highest BCUT2D eigenvalue weighted by molar-refractivity contribution is 7.08. The van der Waals surface area contributed by atoms with Crippen LogP contribution in [0.15, 0.2) is 29.0 Å². The number of ether oxygens (including phenoxy) is 1. The Morgan fingerprint density at radius 1 is 1.24 bits per heavy atom. The molecule has 0 spiro atoms. The van der Waals surface area contributed by atoms with E-state index in [1.165, 1.54) is 27.8 Å². The smallest absolute Gasteiger partial charge is 0.407 e. The van der Waals surface area contributed by atoms with Crippen LogP contribution in [0, 0.1) is 18.3 Å². The van der Waals surface area contributed by atoms with E-state index in [2.05, 4.69) is 59.9 Å². The Morgan fingerprint density at radius 3 is 2.69 bits per heavy atom. The lowest BCUT2D eigenvalue weighted by atomic mass is 9.85. The molecule has 6 rings (SSSR count). The minimum absolute atomic E-state index is 0.0105. The van der Waals surface area contributed by atoms with Crippen LogP contribution in [0.3, 0.4) is 0 Å². The zero-order valence-electron chi connectivity index (χ0n) is 17.5. The summed E-state index contributed by atoms with van der Waals surface area (Å²) in [5.41, 5.74) is 6.45. The van der Waals surface area contributed by atoms with Gasteiger partial charge >= 0.3 is 6.09 Å². The molecule has 4 heterocycles. The van der Waals surface area contributed by atoms with Crippen molar-refractivity contribution in [3.05, 3.63) is 45.6 Å². The van der Waals surface area contributed by atoms with Gasteiger partial charge in [0.15, 0.2) is 0 Å². The molecule has 0 radical (unpaired) electrons. The van der Waals surface area contributed by atoms with Gasteiger partial charge in [-0.1, -0.05) is 32.0 Å². The Morgan fingerprint density at radius 2 is 2.03 bits per heavy atom. The van der Waals surface area contributed by atoms with E-state index in [0.29, 0.717) is 5.92 Å². The average molecular weight is 411 g/mol. The number of benzene rings is 1. The molecule has 2 aromatic rings. The van der Waals surface area contributed by atoms with Crippen LogP contribution in [-0.2, 0) is 11.2 Å². The normalized spacial score (nSPS) is 29.5. The van der Waals surface area contributed by atoms with Crippen LogP contribution in [0.25, 0.3) is 11.1 Å². The van der Waals surface area contributed by atoms with Crippen molar-refractivity contribution in [2.24, 2.45) is 11.3 Å². The van der Waals surface area contributed by atoms with Gasteiger partial charge in [0.1, 0.15) is 6.10 Å². The summed E-state index contributed by atoms with van der Waals surface area (Å²) >= 11 is 1.75. The maximum atomic E-state index is 12.8. The Hall–Kier alpha value is -1.85. The molecule has 3 fully saturated rings. The van der Waals surface area contributed by atoms with E-state index in [4.69, 9.17) is 4.74 Å². The summed E-state index contributed by atoms with van der Waals surface area (Å²) in [7, 11) is 0. The zero-order chi connectivity index (χ0) is 20.2. The Kier molecular flexibility index (Phi) is 4.71. The van der Waals surface area contributed by atoms with Gasteiger partial charge in [-0.15, -0.1) is 0 Å². The van der Waals surface area contributed by atoms with E-state index >= 15 is 0 Å². The van der Waals surface area contributed by atoms with E-state index in [0.717, 1.165) is 38.9 Å². The maximum absolute atomic E-state index is 12.8. The SMILES string of the molecule is Cc1cscc1-c1ccc2c(c1)CC(C)(C)C2NC(=O)O[C@@H]1CN2CCC1CC2. The third-order valence-corrected chi connectivity index (χ3v) is 8.03. The average Bonchev–Trinajstić information content (AvgIpc) is 3.22. The van der Waals surface area contributed by atoms with E-state index in [1.54, 1.807) is 11.3 Å². The largest absolute Gasteiger partial charge is 0.445 e. The van der Waals surface area contributed by atoms with Crippen molar-refractivity contribution >= 4 is 17.4 Å². The standard InChI is InChI=1S/C24H30N2O2S/c1-15-13-29-14-20(15)17-4-5-19-18(10-17)11-24(2,3)22(19)25-23(27)28-21-12-26-8-6-16(21)7-9-26/h4-5,10,13-14,16,21-22H,6-9,11-12H2,1-3H3,(H,25,27)/t21-,22?/m1/s1. The summed E-state index contributed by atoms with van der Waals surface area (Å²) in [6, 6.07) is 6.70. The summed E-state index contributed by atoms with van der Waals surface area (Å²) < 4.78 is 5.90. The van der Waals surface area contributed by atoms with Crippen molar-refractivity contribution in [2.45, 2.75) is 52.2 Å². The summed E-state index contributed by atoms with van der Waals surface area (Å²) in [4.78, 5) is 15.2. The van der Waals surface area contributed by atoms with Gasteiger partial charge in [0.05, 0.1) is 6.04 Å². The van der Waals surface area contributed by atoms with Crippen molar-refractivity contribution in [3.63, 3.8) is 0 Å². The van der Waals surface area contributed by atoms with E-state index in [1.807, 2.05) is 0 Å². The number of rotatable bonds is 3. The lowest BCUT2D eigenvalue weighted by molar-refractivity contribution is -0.0348. The molecule has 2 atom stereocenters. The van der Waals surface area contributed by atoms with Crippen molar-refractivity contribution < 1.29 is 9.53 Å². The lowest BCUT2D eigenvalue weighted by Gasteiger charge is -2.44. The topological polar surface area (TPSA) is 41.6 Å². The van der Waals surface area contributed by atoms with Crippen LogP contribution in [0.4, 0.5) is 4.79 Å². The summed E-state index contributed by atoms with van der Waals surface area (Å²) in [5, 5.41) is 7.64. The fourth-order valence-corrected chi connectivity index (χ4v) is 6.34. The number of aryl methyl sites for hydroxylation is 1. The van der Waals surface area contributed by atoms with Gasteiger partial charge in [0.2, 0.25) is 0 Å². The molecule has 1 unspecified atom stereocenters.